The minimum absolute atomic E-state index is 0. The maximum absolute atomic E-state index is 7.85. The van der Waals surface area contributed by atoms with Crippen LogP contribution in [0.5, 0.6) is 0 Å². The number of rotatable bonds is 1. The van der Waals surface area contributed by atoms with Crippen LogP contribution >= 0.6 is 0 Å². The SMILES string of the molecule is CO[Si](O)(O)O.[AlH3].[NaH]. The van der Waals surface area contributed by atoms with E-state index in [1.54, 1.807) is 0 Å². The summed E-state index contributed by atoms with van der Waals surface area (Å²) < 4.78 is 3.74. The third-order valence-corrected chi connectivity index (χ3v) is 0.822. The summed E-state index contributed by atoms with van der Waals surface area (Å²) in [6.07, 6.45) is 0. The molecule has 0 fully saturated rings. The van der Waals surface area contributed by atoms with Crippen LogP contribution < -0.4 is 0 Å². The Morgan fingerprint density at radius 3 is 1.38 bits per heavy atom. The summed E-state index contributed by atoms with van der Waals surface area (Å²) in [7, 11) is -3.11. The second-order valence-corrected chi connectivity index (χ2v) is 2.33. The van der Waals surface area contributed by atoms with Crippen molar-refractivity contribution in [3.63, 3.8) is 0 Å². The van der Waals surface area contributed by atoms with Crippen LogP contribution in [0.15, 0.2) is 0 Å². The number of hydrogen-bond acceptors (Lipinski definition) is 4. The van der Waals surface area contributed by atoms with E-state index >= 15 is 0 Å². The predicted octanol–water partition coefficient (Wildman–Crippen LogP) is -3.79. The molecule has 0 bridgehead atoms. The van der Waals surface area contributed by atoms with Gasteiger partial charge in [-0.25, -0.2) is 0 Å². The van der Waals surface area contributed by atoms with E-state index in [2.05, 4.69) is 4.43 Å². The Morgan fingerprint density at radius 2 is 1.38 bits per heavy atom. The quantitative estimate of drug-likeness (QED) is 0.348. The van der Waals surface area contributed by atoms with Crippen molar-refractivity contribution in [1.29, 1.82) is 0 Å². The van der Waals surface area contributed by atoms with Crippen LogP contribution in [0.2, 0.25) is 0 Å². The summed E-state index contributed by atoms with van der Waals surface area (Å²) >= 11 is 0. The summed E-state index contributed by atoms with van der Waals surface area (Å²) in [5.41, 5.74) is 0. The molecule has 0 aliphatic heterocycles. The van der Waals surface area contributed by atoms with Gasteiger partial charge in [0.2, 0.25) is 0 Å². The van der Waals surface area contributed by atoms with Gasteiger partial charge in [-0.05, 0) is 0 Å². The van der Waals surface area contributed by atoms with Gasteiger partial charge in [0.1, 0.15) is 0 Å². The normalized spacial score (nSPS) is 9.00. The molecule has 0 spiro atoms. The predicted molar refractivity (Wildman–Crippen MR) is 36.5 cm³/mol. The van der Waals surface area contributed by atoms with Crippen molar-refractivity contribution in [2.45, 2.75) is 0 Å². The van der Waals surface area contributed by atoms with Crippen LogP contribution in [0.4, 0.5) is 0 Å². The van der Waals surface area contributed by atoms with Crippen molar-refractivity contribution < 1.29 is 18.8 Å². The molecule has 8 heavy (non-hydrogen) atoms. The molecule has 0 heterocycles. The van der Waals surface area contributed by atoms with Crippen LogP contribution in [0.25, 0.3) is 0 Å². The molecule has 0 saturated heterocycles. The van der Waals surface area contributed by atoms with Crippen LogP contribution in [0, 0.1) is 0 Å². The zero-order valence-electron chi connectivity index (χ0n) is 3.25. The Balaban J connectivity index is -0.000000125. The molecule has 0 aliphatic carbocycles. The van der Waals surface area contributed by atoms with E-state index in [4.69, 9.17) is 14.4 Å². The van der Waals surface area contributed by atoms with Crippen molar-refractivity contribution in [1.82, 2.24) is 0 Å². The molecule has 7 heteroatoms. The summed E-state index contributed by atoms with van der Waals surface area (Å²) in [4.78, 5) is 23.6. The Bertz CT molecular complexity index is 45.8. The van der Waals surface area contributed by atoms with Crippen LogP contribution in [-0.4, -0.2) is 77.5 Å². The standard InChI is InChI=1S/CH6O4Si.Al.Na.4H/c1-5-6(2,3)4;;;;;;/h2-4H,1H3;;;;;;. The molecule has 0 aromatic carbocycles. The van der Waals surface area contributed by atoms with E-state index in [0.717, 1.165) is 7.11 Å². The van der Waals surface area contributed by atoms with E-state index in [0.29, 0.717) is 0 Å². The second-order valence-electron chi connectivity index (χ2n) is 0.778. The first-order valence-corrected chi connectivity index (χ1v) is 3.03. The third-order valence-electron chi connectivity index (χ3n) is 0.274. The van der Waals surface area contributed by atoms with Crippen molar-refractivity contribution in [2.24, 2.45) is 0 Å². The monoisotopic (exact) mass is 164 g/mol. The average Bonchev–Trinajstić information content (AvgIpc) is 1.35. The van der Waals surface area contributed by atoms with Gasteiger partial charge in [0, 0.05) is 7.11 Å². The fourth-order valence-electron chi connectivity index (χ4n) is 0. The first-order chi connectivity index (χ1) is 2.56. The molecule has 0 radical (unpaired) electrons. The minimum atomic E-state index is -4.13. The Morgan fingerprint density at radius 1 is 1.25 bits per heavy atom. The van der Waals surface area contributed by atoms with Crippen LogP contribution in [0.1, 0.15) is 0 Å². The molecule has 0 aliphatic rings. The Hall–Kier alpha value is 1.59. The van der Waals surface area contributed by atoms with Gasteiger partial charge in [-0.15, -0.1) is 0 Å². The summed E-state index contributed by atoms with van der Waals surface area (Å²) in [5, 5.41) is 0. The van der Waals surface area contributed by atoms with Gasteiger partial charge < -0.3 is 18.8 Å². The Labute approximate surface area is 81.4 Å². The van der Waals surface area contributed by atoms with Gasteiger partial charge >= 0.3 is 38.6 Å². The van der Waals surface area contributed by atoms with Crippen molar-refractivity contribution in [3.05, 3.63) is 0 Å². The molecular weight excluding hydrogens is 154 g/mol. The molecule has 0 amide bonds. The first kappa shape index (κ1) is 16.3. The fourth-order valence-corrected chi connectivity index (χ4v) is 0. The molecule has 0 unspecified atom stereocenters. The van der Waals surface area contributed by atoms with E-state index in [9.17, 15) is 0 Å². The second kappa shape index (κ2) is 6.71. The first-order valence-electron chi connectivity index (χ1n) is 1.28. The molecule has 0 saturated carbocycles. The molecule has 4 nitrogen and oxygen atoms in total. The topological polar surface area (TPSA) is 69.9 Å². The summed E-state index contributed by atoms with van der Waals surface area (Å²) in [6, 6.07) is 0. The van der Waals surface area contributed by atoms with Crippen molar-refractivity contribution >= 4 is 56.0 Å². The molecular formula is CH10AlNaO4Si. The maximum atomic E-state index is 7.85. The zero-order chi connectivity index (χ0) is 5.21. The van der Waals surface area contributed by atoms with Gasteiger partial charge in [-0.1, -0.05) is 0 Å². The summed E-state index contributed by atoms with van der Waals surface area (Å²) in [5.74, 6) is 0. The molecule has 46 valence electrons. The van der Waals surface area contributed by atoms with E-state index in [1.807, 2.05) is 0 Å². The Kier molecular flexibility index (Phi) is 13.7. The van der Waals surface area contributed by atoms with Gasteiger partial charge in [-0.3, -0.25) is 0 Å². The van der Waals surface area contributed by atoms with Gasteiger partial charge in [0.05, 0.1) is 0 Å². The van der Waals surface area contributed by atoms with E-state index in [-0.39, 0.29) is 46.9 Å². The van der Waals surface area contributed by atoms with Crippen LogP contribution in [0.3, 0.4) is 0 Å². The molecule has 0 rings (SSSR count). The van der Waals surface area contributed by atoms with Gasteiger partial charge in [-0.2, -0.15) is 0 Å². The van der Waals surface area contributed by atoms with E-state index in [1.165, 1.54) is 0 Å². The molecule has 0 aromatic rings. The van der Waals surface area contributed by atoms with Gasteiger partial charge in [0.15, 0.2) is 17.4 Å². The molecule has 0 aromatic heterocycles. The fraction of sp³-hybridized carbons (Fsp3) is 1.00. The summed E-state index contributed by atoms with van der Waals surface area (Å²) in [6.45, 7) is 0. The van der Waals surface area contributed by atoms with Crippen LogP contribution in [-0.2, 0) is 4.43 Å². The molecule has 0 atom stereocenters. The average molecular weight is 164 g/mol. The third kappa shape index (κ3) is 15.6. The van der Waals surface area contributed by atoms with Crippen molar-refractivity contribution in [3.8, 4) is 0 Å². The van der Waals surface area contributed by atoms with Gasteiger partial charge in [0.25, 0.3) is 0 Å². The number of hydrogen-bond donors (Lipinski definition) is 3. The van der Waals surface area contributed by atoms with Crippen molar-refractivity contribution in [2.75, 3.05) is 7.11 Å². The molecule has 3 N–H and O–H groups in total. The van der Waals surface area contributed by atoms with E-state index < -0.39 is 9.05 Å². The zero-order valence-corrected chi connectivity index (χ0v) is 4.25.